The van der Waals surface area contributed by atoms with Crippen LogP contribution >= 0.6 is 0 Å². The summed E-state index contributed by atoms with van der Waals surface area (Å²) < 4.78 is 0. The molecule has 0 aromatic carbocycles. The summed E-state index contributed by atoms with van der Waals surface area (Å²) in [6.45, 7) is 9.93. The summed E-state index contributed by atoms with van der Waals surface area (Å²) in [6.07, 6.45) is 3.50. The maximum atomic E-state index is 7.57. The highest BCUT2D eigenvalue weighted by molar-refractivity contribution is 4.88. The highest BCUT2D eigenvalue weighted by Gasteiger charge is 1.58. The molecule has 0 atom stereocenters. The van der Waals surface area contributed by atoms with E-state index in [1.165, 1.54) is 0 Å². The van der Waals surface area contributed by atoms with Crippen LogP contribution in [-0.4, -0.2) is 16.7 Å². The van der Waals surface area contributed by atoms with E-state index in [0.29, 0.717) is 0 Å². The van der Waals surface area contributed by atoms with Crippen molar-refractivity contribution >= 4 is 0 Å². The summed E-state index contributed by atoms with van der Waals surface area (Å²) in [6, 6.07) is 5.72. The van der Waals surface area contributed by atoms with Crippen LogP contribution in [0, 0.1) is 0 Å². The van der Waals surface area contributed by atoms with Crippen LogP contribution in [0.25, 0.3) is 0 Å². The van der Waals surface area contributed by atoms with Gasteiger partial charge >= 0.3 is 0 Å². The molecule has 2 heteroatoms. The molecule has 0 aliphatic heterocycles. The minimum absolute atomic E-state index is 0.250. The summed E-state index contributed by atoms with van der Waals surface area (Å²) in [7, 11) is 0. The highest BCUT2D eigenvalue weighted by atomic mass is 16.2. The minimum atomic E-state index is 0.250. The fourth-order valence-corrected chi connectivity index (χ4v) is 0.313. The number of hydrogen-bond acceptors (Lipinski definition) is 2. The van der Waals surface area contributed by atoms with E-state index in [9.17, 15) is 0 Å². The maximum absolute atomic E-state index is 7.57. The van der Waals surface area contributed by atoms with Crippen molar-refractivity contribution in [2.75, 3.05) is 6.61 Å². The van der Waals surface area contributed by atoms with Gasteiger partial charge in [0.2, 0.25) is 0 Å². The molecule has 1 aromatic heterocycles. The minimum Gasteiger partial charge on any atom is -0.397 e. The van der Waals surface area contributed by atoms with E-state index in [1.54, 1.807) is 19.3 Å². The molecule has 0 aliphatic rings. The Balaban J connectivity index is -0.000000124. The Morgan fingerprint density at radius 2 is 1.23 bits per heavy atom. The summed E-state index contributed by atoms with van der Waals surface area (Å²) in [4.78, 5) is 3.78. The van der Waals surface area contributed by atoms with E-state index in [4.69, 9.17) is 5.11 Å². The fourth-order valence-electron chi connectivity index (χ4n) is 0.313. The van der Waals surface area contributed by atoms with Gasteiger partial charge in [0.15, 0.2) is 0 Å². The van der Waals surface area contributed by atoms with Crippen LogP contribution in [0.4, 0.5) is 0 Å². The lowest BCUT2D eigenvalue weighted by Crippen LogP contribution is -1.58. The van der Waals surface area contributed by atoms with Gasteiger partial charge in [-0.1, -0.05) is 33.8 Å². The van der Waals surface area contributed by atoms with Crippen LogP contribution in [-0.2, 0) is 0 Å². The Kier molecular flexibility index (Phi) is 42.1. The van der Waals surface area contributed by atoms with Crippen molar-refractivity contribution in [3.8, 4) is 0 Å². The molecule has 0 aliphatic carbocycles. The number of hydrogen-bond donors (Lipinski definition) is 1. The van der Waals surface area contributed by atoms with Crippen LogP contribution in [0.2, 0.25) is 0 Å². The Morgan fingerprint density at radius 3 is 1.31 bits per heavy atom. The second kappa shape index (κ2) is 30.4. The lowest BCUT2D eigenvalue weighted by atomic mass is 10.5. The molecular weight excluding hydrogens is 162 g/mol. The van der Waals surface area contributed by atoms with Crippen molar-refractivity contribution in [1.29, 1.82) is 0 Å². The van der Waals surface area contributed by atoms with E-state index in [2.05, 4.69) is 4.98 Å². The summed E-state index contributed by atoms with van der Waals surface area (Å²) in [5.41, 5.74) is 0. The molecule has 0 radical (unpaired) electrons. The second-order valence-electron chi connectivity index (χ2n) is 1.34. The number of nitrogens with zero attached hydrogens (tertiary/aromatic N) is 1. The first kappa shape index (κ1) is 18.0. The molecule has 0 unspecified atom stereocenters. The number of aliphatic hydroxyl groups excluding tert-OH is 1. The second-order valence-corrected chi connectivity index (χ2v) is 1.34. The predicted octanol–water partition coefficient (Wildman–Crippen LogP) is 3.13. The molecule has 0 fully saturated rings. The highest BCUT2D eigenvalue weighted by Crippen LogP contribution is 1.73. The molecule has 0 bridgehead atoms. The summed E-state index contributed by atoms with van der Waals surface area (Å²) in [5.74, 6) is 0. The van der Waals surface area contributed by atoms with Crippen molar-refractivity contribution < 1.29 is 5.11 Å². The number of rotatable bonds is 0. The topological polar surface area (TPSA) is 33.1 Å². The molecule has 13 heavy (non-hydrogen) atoms. The molecule has 0 saturated carbocycles. The molecule has 78 valence electrons. The predicted molar refractivity (Wildman–Crippen MR) is 59.7 cm³/mol. The maximum Gasteiger partial charge on any atom is 0.0402 e. The van der Waals surface area contributed by atoms with E-state index in [0.717, 1.165) is 0 Å². The Bertz CT molecular complexity index is 92.9. The average Bonchev–Trinajstić information content (AvgIpc) is 2.27. The molecule has 0 saturated heterocycles. The molecule has 1 heterocycles. The van der Waals surface area contributed by atoms with Crippen molar-refractivity contribution in [1.82, 2.24) is 4.98 Å². The van der Waals surface area contributed by atoms with Gasteiger partial charge in [0.05, 0.1) is 0 Å². The van der Waals surface area contributed by atoms with Gasteiger partial charge in [-0.3, -0.25) is 4.98 Å². The van der Waals surface area contributed by atoms with Gasteiger partial charge in [0.1, 0.15) is 0 Å². The third-order valence-electron chi connectivity index (χ3n) is 0.566. The van der Waals surface area contributed by atoms with Crippen LogP contribution in [0.3, 0.4) is 0 Å². The molecule has 1 aromatic rings. The number of pyridine rings is 1. The molecule has 0 amide bonds. The van der Waals surface area contributed by atoms with Gasteiger partial charge < -0.3 is 5.11 Å². The Labute approximate surface area is 82.7 Å². The first-order chi connectivity index (χ1) is 6.41. The van der Waals surface area contributed by atoms with Crippen LogP contribution in [0.15, 0.2) is 30.6 Å². The lowest BCUT2D eigenvalue weighted by Gasteiger charge is -1.70. The first-order valence-electron chi connectivity index (χ1n) is 4.87. The SMILES string of the molecule is CC.CC.CCO.c1ccncc1. The average molecular weight is 185 g/mol. The zero-order valence-electron chi connectivity index (χ0n) is 9.49. The summed E-state index contributed by atoms with van der Waals surface area (Å²) in [5, 5.41) is 7.57. The van der Waals surface area contributed by atoms with Crippen molar-refractivity contribution in [3.63, 3.8) is 0 Å². The smallest absolute Gasteiger partial charge is 0.0402 e. The quantitative estimate of drug-likeness (QED) is 0.673. The molecule has 0 spiro atoms. The first-order valence-corrected chi connectivity index (χ1v) is 4.87. The van der Waals surface area contributed by atoms with Gasteiger partial charge in [-0.05, 0) is 19.1 Å². The molecule has 1 rings (SSSR count). The monoisotopic (exact) mass is 185 g/mol. The van der Waals surface area contributed by atoms with Crippen molar-refractivity contribution in [2.24, 2.45) is 0 Å². The molecule has 1 N–H and O–H groups in total. The van der Waals surface area contributed by atoms with E-state index >= 15 is 0 Å². The van der Waals surface area contributed by atoms with Gasteiger partial charge in [-0.2, -0.15) is 0 Å². The normalized spacial score (nSPS) is 6.00. The Morgan fingerprint density at radius 1 is 0.923 bits per heavy atom. The van der Waals surface area contributed by atoms with Gasteiger partial charge in [-0.15, -0.1) is 0 Å². The molecular formula is C11H23NO. The zero-order valence-corrected chi connectivity index (χ0v) is 9.49. The van der Waals surface area contributed by atoms with Crippen LogP contribution in [0.1, 0.15) is 34.6 Å². The third kappa shape index (κ3) is 35.3. The number of aromatic nitrogens is 1. The van der Waals surface area contributed by atoms with Gasteiger partial charge in [0.25, 0.3) is 0 Å². The standard InChI is InChI=1S/C5H5N.C2H6O.2C2H6/c1-2-4-6-5-3-1;1-2-3;2*1-2/h1-5H;3H,2H2,1H3;2*1-2H3. The Hall–Kier alpha value is -0.890. The zero-order chi connectivity index (χ0) is 10.9. The molecule has 2 nitrogen and oxygen atoms in total. The largest absolute Gasteiger partial charge is 0.397 e. The van der Waals surface area contributed by atoms with Crippen LogP contribution < -0.4 is 0 Å². The van der Waals surface area contributed by atoms with E-state index in [1.807, 2.05) is 45.9 Å². The van der Waals surface area contributed by atoms with Gasteiger partial charge in [0, 0.05) is 19.0 Å². The third-order valence-corrected chi connectivity index (χ3v) is 0.566. The van der Waals surface area contributed by atoms with Crippen LogP contribution in [0.5, 0.6) is 0 Å². The number of aliphatic hydroxyl groups is 1. The van der Waals surface area contributed by atoms with Gasteiger partial charge in [-0.25, -0.2) is 0 Å². The fraction of sp³-hybridized carbons (Fsp3) is 0.545. The lowest BCUT2D eigenvalue weighted by molar-refractivity contribution is 0.318. The van der Waals surface area contributed by atoms with E-state index in [-0.39, 0.29) is 6.61 Å². The van der Waals surface area contributed by atoms with Crippen molar-refractivity contribution in [3.05, 3.63) is 30.6 Å². The van der Waals surface area contributed by atoms with E-state index < -0.39 is 0 Å². The van der Waals surface area contributed by atoms with Crippen molar-refractivity contribution in [2.45, 2.75) is 34.6 Å². The summed E-state index contributed by atoms with van der Waals surface area (Å²) >= 11 is 0.